The zero-order valence-corrected chi connectivity index (χ0v) is 13.1. The molecule has 7 heteroatoms. The predicted octanol–water partition coefficient (Wildman–Crippen LogP) is 2.05. The molecule has 24 heavy (non-hydrogen) atoms. The summed E-state index contributed by atoms with van der Waals surface area (Å²) in [6.07, 6.45) is 4.93. The zero-order valence-electron chi connectivity index (χ0n) is 13.1. The maximum atomic E-state index is 13.1. The quantitative estimate of drug-likeness (QED) is 0.566. The highest BCUT2D eigenvalue weighted by Gasteiger charge is 2.13. The highest BCUT2D eigenvalue weighted by atomic mass is 19.1. The maximum Gasteiger partial charge on any atom is 0.279 e. The number of halogens is 1. The van der Waals surface area contributed by atoms with Crippen LogP contribution in [0.4, 0.5) is 4.39 Å². The summed E-state index contributed by atoms with van der Waals surface area (Å²) < 4.78 is 16.3. The first-order valence-electron chi connectivity index (χ1n) is 7.38. The summed E-state index contributed by atoms with van der Waals surface area (Å²) >= 11 is 0. The largest absolute Gasteiger partial charge is 0.316 e. The molecular formula is C17H14FN5O. The van der Waals surface area contributed by atoms with Gasteiger partial charge in [0.25, 0.3) is 5.56 Å². The highest BCUT2D eigenvalue weighted by molar-refractivity contribution is 5.85. The molecule has 0 bridgehead atoms. The number of hydrogen-bond donors (Lipinski definition) is 0. The number of pyridine rings is 1. The van der Waals surface area contributed by atoms with Gasteiger partial charge in [0.1, 0.15) is 5.82 Å². The summed E-state index contributed by atoms with van der Waals surface area (Å²) in [5.41, 5.74) is 2.74. The maximum absolute atomic E-state index is 13.1. The van der Waals surface area contributed by atoms with Crippen LogP contribution in [0.25, 0.3) is 27.7 Å². The van der Waals surface area contributed by atoms with Gasteiger partial charge >= 0.3 is 0 Å². The van der Waals surface area contributed by atoms with Crippen LogP contribution in [0.5, 0.6) is 0 Å². The summed E-state index contributed by atoms with van der Waals surface area (Å²) in [5, 5.41) is 6.53. The van der Waals surface area contributed by atoms with Crippen LogP contribution in [0.1, 0.15) is 0 Å². The average molecular weight is 323 g/mol. The summed E-state index contributed by atoms with van der Waals surface area (Å²) in [6, 6.07) is 7.99. The lowest BCUT2D eigenvalue weighted by Gasteiger charge is -2.16. The van der Waals surface area contributed by atoms with E-state index < -0.39 is 0 Å². The second-order valence-electron chi connectivity index (χ2n) is 5.67. The summed E-state index contributed by atoms with van der Waals surface area (Å²) in [6.45, 7) is 0. The van der Waals surface area contributed by atoms with E-state index in [1.165, 1.54) is 16.8 Å². The standard InChI is InChI=1S/C17H14FN5O/c1-21(2)22-8-7-15-14(17(22)24)9-19-16-13(10-20-23(15)16)11-3-5-12(18)6-4-11/h3-10H,1-2H3. The molecular weight excluding hydrogens is 309 g/mol. The lowest BCUT2D eigenvalue weighted by Crippen LogP contribution is -2.35. The zero-order chi connectivity index (χ0) is 16.8. The minimum absolute atomic E-state index is 0.161. The van der Waals surface area contributed by atoms with E-state index in [2.05, 4.69) is 10.1 Å². The number of nitrogens with zero attached hydrogens (tertiary/aromatic N) is 5. The van der Waals surface area contributed by atoms with Crippen molar-refractivity contribution in [3.8, 4) is 11.1 Å². The van der Waals surface area contributed by atoms with E-state index in [9.17, 15) is 9.18 Å². The van der Waals surface area contributed by atoms with Gasteiger partial charge in [-0.05, 0) is 23.8 Å². The first-order chi connectivity index (χ1) is 11.6. The van der Waals surface area contributed by atoms with Crippen LogP contribution in [0, 0.1) is 5.82 Å². The number of aromatic nitrogens is 4. The number of hydrogen-bond acceptors (Lipinski definition) is 4. The minimum atomic E-state index is -0.294. The third-order valence-corrected chi connectivity index (χ3v) is 3.96. The van der Waals surface area contributed by atoms with Gasteiger partial charge in [-0.1, -0.05) is 12.1 Å². The minimum Gasteiger partial charge on any atom is -0.316 e. The van der Waals surface area contributed by atoms with Crippen LogP contribution in [0.15, 0.2) is 53.7 Å². The average Bonchev–Trinajstić information content (AvgIpc) is 3.00. The second-order valence-corrected chi connectivity index (χ2v) is 5.67. The van der Waals surface area contributed by atoms with Gasteiger partial charge in [-0.25, -0.2) is 18.6 Å². The molecule has 0 aliphatic heterocycles. The first-order valence-corrected chi connectivity index (χ1v) is 7.38. The molecule has 0 aliphatic carbocycles. The van der Waals surface area contributed by atoms with Crippen molar-refractivity contribution in [2.75, 3.05) is 19.1 Å². The van der Waals surface area contributed by atoms with Gasteiger partial charge in [0.05, 0.1) is 17.1 Å². The van der Waals surface area contributed by atoms with Crippen LogP contribution >= 0.6 is 0 Å². The van der Waals surface area contributed by atoms with Gasteiger partial charge in [-0.3, -0.25) is 4.79 Å². The fourth-order valence-electron chi connectivity index (χ4n) is 2.75. The van der Waals surface area contributed by atoms with E-state index in [0.29, 0.717) is 16.6 Å². The Labute approximate surface area is 136 Å². The predicted molar refractivity (Wildman–Crippen MR) is 90.2 cm³/mol. The Morgan fingerprint density at radius 1 is 1.08 bits per heavy atom. The van der Waals surface area contributed by atoms with Crippen LogP contribution in [-0.4, -0.2) is 33.4 Å². The van der Waals surface area contributed by atoms with Gasteiger partial charge in [0, 0.05) is 32.1 Å². The van der Waals surface area contributed by atoms with E-state index in [1.54, 1.807) is 54.3 Å². The summed E-state index contributed by atoms with van der Waals surface area (Å²) in [7, 11) is 3.58. The van der Waals surface area contributed by atoms with Gasteiger partial charge in [0.2, 0.25) is 0 Å². The topological polar surface area (TPSA) is 55.4 Å². The smallest absolute Gasteiger partial charge is 0.279 e. The molecule has 120 valence electrons. The molecule has 0 fully saturated rings. The van der Waals surface area contributed by atoms with Crippen molar-refractivity contribution in [2.45, 2.75) is 0 Å². The van der Waals surface area contributed by atoms with Gasteiger partial charge < -0.3 is 5.01 Å². The van der Waals surface area contributed by atoms with E-state index in [0.717, 1.165) is 11.1 Å². The molecule has 3 heterocycles. The van der Waals surface area contributed by atoms with Crippen molar-refractivity contribution in [1.82, 2.24) is 19.3 Å². The molecule has 4 rings (SSSR count). The van der Waals surface area contributed by atoms with Gasteiger partial charge in [-0.15, -0.1) is 0 Å². The normalized spacial score (nSPS) is 11.3. The fraction of sp³-hybridized carbons (Fsp3) is 0.118. The fourth-order valence-corrected chi connectivity index (χ4v) is 2.75. The molecule has 0 saturated heterocycles. The Morgan fingerprint density at radius 2 is 1.83 bits per heavy atom. The van der Waals surface area contributed by atoms with Crippen LogP contribution in [0.3, 0.4) is 0 Å². The molecule has 0 spiro atoms. The third-order valence-electron chi connectivity index (χ3n) is 3.96. The van der Waals surface area contributed by atoms with Crippen LogP contribution < -0.4 is 10.6 Å². The van der Waals surface area contributed by atoms with E-state index >= 15 is 0 Å². The van der Waals surface area contributed by atoms with E-state index in [1.807, 2.05) is 6.07 Å². The lowest BCUT2D eigenvalue weighted by molar-refractivity contribution is 0.628. The Bertz CT molecular complexity index is 1110. The van der Waals surface area contributed by atoms with Crippen molar-refractivity contribution in [2.24, 2.45) is 0 Å². The van der Waals surface area contributed by atoms with Crippen molar-refractivity contribution in [3.63, 3.8) is 0 Å². The molecule has 0 radical (unpaired) electrons. The Kier molecular flexibility index (Phi) is 3.09. The molecule has 0 N–H and O–H groups in total. The molecule has 1 aromatic carbocycles. The Balaban J connectivity index is 1.99. The Morgan fingerprint density at radius 3 is 2.54 bits per heavy atom. The van der Waals surface area contributed by atoms with Crippen LogP contribution in [0.2, 0.25) is 0 Å². The summed E-state index contributed by atoms with van der Waals surface area (Å²) in [4.78, 5) is 16.9. The van der Waals surface area contributed by atoms with Crippen molar-refractivity contribution >= 4 is 16.6 Å². The first kappa shape index (κ1) is 14.4. The summed E-state index contributed by atoms with van der Waals surface area (Å²) in [5.74, 6) is -0.294. The SMILES string of the molecule is CN(C)n1ccc2c(cnc3c(-c4ccc(F)cc4)cnn32)c1=O. The highest BCUT2D eigenvalue weighted by Crippen LogP contribution is 2.25. The molecule has 0 unspecified atom stereocenters. The van der Waals surface area contributed by atoms with Gasteiger partial charge in [0.15, 0.2) is 5.65 Å². The van der Waals surface area contributed by atoms with Gasteiger partial charge in [-0.2, -0.15) is 5.10 Å². The lowest BCUT2D eigenvalue weighted by atomic mass is 10.1. The van der Waals surface area contributed by atoms with Crippen molar-refractivity contribution in [1.29, 1.82) is 0 Å². The molecule has 6 nitrogen and oxygen atoms in total. The third kappa shape index (κ3) is 2.05. The second kappa shape index (κ2) is 5.16. The number of benzene rings is 1. The number of fused-ring (bicyclic) bond motifs is 3. The van der Waals surface area contributed by atoms with Crippen LogP contribution in [-0.2, 0) is 0 Å². The molecule has 0 aliphatic rings. The van der Waals surface area contributed by atoms with Crippen molar-refractivity contribution < 1.29 is 4.39 Å². The number of rotatable bonds is 2. The molecule has 0 saturated carbocycles. The molecule has 0 amide bonds. The molecule has 3 aromatic heterocycles. The van der Waals surface area contributed by atoms with Crippen molar-refractivity contribution in [3.05, 3.63) is 65.1 Å². The Hall–Kier alpha value is -3.22. The molecule has 4 aromatic rings. The van der Waals surface area contributed by atoms with E-state index in [-0.39, 0.29) is 11.4 Å². The molecule has 0 atom stereocenters. The monoisotopic (exact) mass is 323 g/mol. The van der Waals surface area contributed by atoms with E-state index in [4.69, 9.17) is 0 Å².